The highest BCUT2D eigenvalue weighted by molar-refractivity contribution is 4.53. The van der Waals surface area contributed by atoms with E-state index in [1.54, 1.807) is 0 Å². The van der Waals surface area contributed by atoms with Crippen LogP contribution in [0.1, 0.15) is 71.6 Å². The predicted molar refractivity (Wildman–Crippen MR) is 79.3 cm³/mol. The molecule has 1 atom stereocenters. The Morgan fingerprint density at radius 2 is 1.22 bits per heavy atom. The van der Waals surface area contributed by atoms with Crippen LogP contribution in [0.2, 0.25) is 0 Å². The molecular weight excluding hydrogens is 242 g/mol. The first-order valence-electron chi connectivity index (χ1n) is 7.76. The summed E-state index contributed by atoms with van der Waals surface area (Å²) in [6, 6.07) is 0. The lowest BCUT2D eigenvalue weighted by molar-refractivity contribution is -0.873. The molecule has 0 aromatic rings. The lowest BCUT2D eigenvalue weighted by Crippen LogP contribution is -3.00. The van der Waals surface area contributed by atoms with Crippen molar-refractivity contribution in [1.29, 1.82) is 0 Å². The summed E-state index contributed by atoms with van der Waals surface area (Å²) in [5, 5.41) is 0. The van der Waals surface area contributed by atoms with Gasteiger partial charge in [0.1, 0.15) is 0 Å². The molecule has 0 N–H and O–H groups in total. The summed E-state index contributed by atoms with van der Waals surface area (Å²) in [7, 11) is 6.89. The van der Waals surface area contributed by atoms with E-state index < -0.39 is 0 Å². The van der Waals surface area contributed by atoms with Gasteiger partial charge < -0.3 is 16.9 Å². The molecule has 112 valence electrons. The number of hydrogen-bond acceptors (Lipinski definition) is 0. The second-order valence-corrected chi connectivity index (χ2v) is 6.84. The number of halogens is 1. The van der Waals surface area contributed by atoms with E-state index in [4.69, 9.17) is 0 Å². The van der Waals surface area contributed by atoms with Crippen molar-refractivity contribution in [2.24, 2.45) is 5.92 Å². The van der Waals surface area contributed by atoms with Crippen LogP contribution in [-0.2, 0) is 0 Å². The minimum atomic E-state index is 0. The maximum absolute atomic E-state index is 2.41. The Labute approximate surface area is 122 Å². The van der Waals surface area contributed by atoms with Crippen molar-refractivity contribution in [2.45, 2.75) is 71.6 Å². The Balaban J connectivity index is 0. The summed E-state index contributed by atoms with van der Waals surface area (Å²) < 4.78 is 1.11. The summed E-state index contributed by atoms with van der Waals surface area (Å²) in [5.74, 6) is 0.884. The zero-order valence-electron chi connectivity index (χ0n) is 13.5. The second-order valence-electron chi connectivity index (χ2n) is 6.84. The zero-order chi connectivity index (χ0) is 13.1. The van der Waals surface area contributed by atoms with Gasteiger partial charge in [0.15, 0.2) is 0 Å². The third kappa shape index (κ3) is 16.2. The molecule has 0 heterocycles. The van der Waals surface area contributed by atoms with Gasteiger partial charge in [-0.05, 0) is 6.42 Å². The molecule has 0 spiro atoms. The molecule has 1 nitrogen and oxygen atoms in total. The minimum Gasteiger partial charge on any atom is -1.00 e. The van der Waals surface area contributed by atoms with Crippen LogP contribution >= 0.6 is 0 Å². The van der Waals surface area contributed by atoms with Gasteiger partial charge in [0.25, 0.3) is 0 Å². The van der Waals surface area contributed by atoms with E-state index in [1.807, 2.05) is 0 Å². The van der Waals surface area contributed by atoms with Gasteiger partial charge in [-0.15, -0.1) is 0 Å². The van der Waals surface area contributed by atoms with Crippen molar-refractivity contribution in [1.82, 2.24) is 0 Å². The largest absolute Gasteiger partial charge is 1.00 e. The Bertz CT molecular complexity index is 163. The van der Waals surface area contributed by atoms with Crippen molar-refractivity contribution in [3.63, 3.8) is 0 Å². The summed E-state index contributed by atoms with van der Waals surface area (Å²) >= 11 is 0. The van der Waals surface area contributed by atoms with Gasteiger partial charge in [-0.1, -0.05) is 65.2 Å². The van der Waals surface area contributed by atoms with E-state index in [0.717, 1.165) is 10.4 Å². The average Bonchev–Trinajstić information content (AvgIpc) is 2.19. The van der Waals surface area contributed by atoms with Crippen LogP contribution < -0.4 is 12.4 Å². The maximum atomic E-state index is 2.41. The Morgan fingerprint density at radius 3 is 1.67 bits per heavy atom. The summed E-state index contributed by atoms with van der Waals surface area (Å²) in [5.41, 5.74) is 0. The fraction of sp³-hybridized carbons (Fsp3) is 1.00. The molecule has 0 aliphatic carbocycles. The number of hydrogen-bond donors (Lipinski definition) is 0. The molecule has 0 saturated heterocycles. The normalized spacial score (nSPS) is 13.2. The molecule has 0 amide bonds. The van der Waals surface area contributed by atoms with E-state index >= 15 is 0 Å². The molecule has 0 saturated carbocycles. The summed E-state index contributed by atoms with van der Waals surface area (Å²) in [6.45, 7) is 6.01. The fourth-order valence-electron chi connectivity index (χ4n) is 2.65. The highest BCUT2D eigenvalue weighted by Gasteiger charge is 2.12. The highest BCUT2D eigenvalue weighted by Crippen LogP contribution is 2.14. The van der Waals surface area contributed by atoms with Crippen LogP contribution in [0.15, 0.2) is 0 Å². The predicted octanol–water partition coefficient (Wildman–Crippen LogP) is 1.86. The first-order valence-corrected chi connectivity index (χ1v) is 7.76. The topological polar surface area (TPSA) is 0 Å². The van der Waals surface area contributed by atoms with E-state index in [2.05, 4.69) is 35.0 Å². The van der Waals surface area contributed by atoms with Crippen molar-refractivity contribution < 1.29 is 16.9 Å². The number of quaternary nitrogens is 1. The summed E-state index contributed by atoms with van der Waals surface area (Å²) in [4.78, 5) is 0. The summed E-state index contributed by atoms with van der Waals surface area (Å²) in [6.07, 6.45) is 12.9. The number of unbranched alkanes of at least 4 members (excludes halogenated alkanes) is 7. The van der Waals surface area contributed by atoms with Crippen LogP contribution in [0.3, 0.4) is 0 Å². The Hall–Kier alpha value is 0.250. The quantitative estimate of drug-likeness (QED) is 0.400. The van der Waals surface area contributed by atoms with Crippen molar-refractivity contribution in [3.8, 4) is 0 Å². The van der Waals surface area contributed by atoms with E-state index in [1.165, 1.54) is 64.3 Å². The van der Waals surface area contributed by atoms with E-state index in [9.17, 15) is 0 Å². The van der Waals surface area contributed by atoms with Crippen molar-refractivity contribution in [3.05, 3.63) is 0 Å². The molecule has 0 aliphatic rings. The van der Waals surface area contributed by atoms with Gasteiger partial charge in [-0.2, -0.15) is 0 Å². The lowest BCUT2D eigenvalue weighted by Gasteiger charge is -2.27. The SMILES string of the molecule is CCCCCCCCCCC(C)C[N+](C)(C)C.[Cl-]. The maximum Gasteiger partial charge on any atom is 0.0806 e. The van der Waals surface area contributed by atoms with Gasteiger partial charge in [0, 0.05) is 5.92 Å². The molecule has 1 unspecified atom stereocenters. The molecule has 2 heteroatoms. The standard InChI is InChI=1S/C16H36N.ClH/c1-6-7-8-9-10-11-12-13-14-16(2)15-17(3,4)5;/h16H,6-15H2,1-5H3;1H/q+1;/p-1. The molecular formula is C16H36ClN. The smallest absolute Gasteiger partial charge is 0.0806 e. The molecule has 0 aromatic carbocycles. The average molecular weight is 278 g/mol. The van der Waals surface area contributed by atoms with Crippen molar-refractivity contribution in [2.75, 3.05) is 27.7 Å². The van der Waals surface area contributed by atoms with Gasteiger partial charge in [-0.3, -0.25) is 0 Å². The van der Waals surface area contributed by atoms with Crippen LogP contribution in [-0.4, -0.2) is 32.2 Å². The third-order valence-corrected chi connectivity index (χ3v) is 3.41. The van der Waals surface area contributed by atoms with Crippen LogP contribution in [0.4, 0.5) is 0 Å². The zero-order valence-corrected chi connectivity index (χ0v) is 14.2. The van der Waals surface area contributed by atoms with Crippen LogP contribution in [0.25, 0.3) is 0 Å². The van der Waals surface area contributed by atoms with Crippen LogP contribution in [0, 0.1) is 5.92 Å². The molecule has 0 radical (unpaired) electrons. The molecule has 0 aromatic heterocycles. The first-order chi connectivity index (χ1) is 7.95. The first kappa shape index (κ1) is 20.6. The molecule has 0 bridgehead atoms. The third-order valence-electron chi connectivity index (χ3n) is 3.41. The Morgan fingerprint density at radius 1 is 0.778 bits per heavy atom. The van der Waals surface area contributed by atoms with Crippen LogP contribution in [0.5, 0.6) is 0 Å². The number of nitrogens with zero attached hydrogens (tertiary/aromatic N) is 1. The molecule has 18 heavy (non-hydrogen) atoms. The number of rotatable bonds is 11. The molecule has 0 fully saturated rings. The lowest BCUT2D eigenvalue weighted by atomic mass is 10.0. The van der Waals surface area contributed by atoms with E-state index in [-0.39, 0.29) is 12.4 Å². The van der Waals surface area contributed by atoms with Gasteiger partial charge in [0.2, 0.25) is 0 Å². The minimum absolute atomic E-state index is 0. The highest BCUT2D eigenvalue weighted by atomic mass is 35.5. The van der Waals surface area contributed by atoms with Crippen molar-refractivity contribution >= 4 is 0 Å². The van der Waals surface area contributed by atoms with E-state index in [0.29, 0.717) is 0 Å². The van der Waals surface area contributed by atoms with Gasteiger partial charge >= 0.3 is 0 Å². The molecule has 0 aliphatic heterocycles. The molecule has 0 rings (SSSR count). The fourth-order valence-corrected chi connectivity index (χ4v) is 2.65. The second kappa shape index (κ2) is 12.3. The monoisotopic (exact) mass is 277 g/mol. The van der Waals surface area contributed by atoms with Gasteiger partial charge in [-0.25, -0.2) is 0 Å². The Kier molecular flexibility index (Phi) is 14.0. The van der Waals surface area contributed by atoms with Gasteiger partial charge in [0.05, 0.1) is 27.7 Å².